The van der Waals surface area contributed by atoms with Gasteiger partial charge in [0.2, 0.25) is 11.8 Å². The van der Waals surface area contributed by atoms with E-state index in [-0.39, 0.29) is 55.1 Å². The smallest absolute Gasteiger partial charge is 0.249 e. The van der Waals surface area contributed by atoms with Crippen molar-refractivity contribution in [3.8, 4) is 0 Å². The summed E-state index contributed by atoms with van der Waals surface area (Å²) < 4.78 is 5.90. The number of hydrazine groups is 1. The number of fused-ring (bicyclic) bond motifs is 5. The Morgan fingerprint density at radius 3 is 2.78 bits per heavy atom. The van der Waals surface area contributed by atoms with Crippen LogP contribution in [0.1, 0.15) is 19.3 Å². The Morgan fingerprint density at radius 1 is 1.02 bits per heavy atom. The zero-order valence-corrected chi connectivity index (χ0v) is 23.9. The van der Waals surface area contributed by atoms with Gasteiger partial charge < -0.3 is 24.8 Å². The predicted octanol–water partition coefficient (Wildman–Crippen LogP) is -0.406. The maximum atomic E-state index is 13.7. The normalized spacial score (nSPS) is 35.8. The highest BCUT2D eigenvalue weighted by Gasteiger charge is 2.53. The number of nitrogens with one attached hydrogen (secondary N) is 4. The number of likely N-dealkylation sites (N-methyl/N-ethyl adjacent to an activating group) is 1. The molecule has 2 bridgehead atoms. The monoisotopic (exact) mass is 565 g/mol. The summed E-state index contributed by atoms with van der Waals surface area (Å²) in [4.78, 5) is 33.4. The van der Waals surface area contributed by atoms with Crippen LogP contribution in [0.4, 0.5) is 11.4 Å². The summed E-state index contributed by atoms with van der Waals surface area (Å²) in [6.07, 6.45) is 6.30. The number of amides is 2. The molecule has 0 aliphatic carbocycles. The number of rotatable bonds is 3. The van der Waals surface area contributed by atoms with E-state index in [4.69, 9.17) is 4.74 Å². The number of ether oxygens (including phenoxy) is 1. The molecule has 12 nitrogen and oxygen atoms in total. The largest absolute Gasteiger partial charge is 0.369 e. The van der Waals surface area contributed by atoms with Crippen molar-refractivity contribution in [1.29, 1.82) is 0 Å². The fourth-order valence-electron chi connectivity index (χ4n) is 7.29. The van der Waals surface area contributed by atoms with Crippen molar-refractivity contribution in [2.75, 3.05) is 76.2 Å². The summed E-state index contributed by atoms with van der Waals surface area (Å²) in [5, 5.41) is 18.6. The van der Waals surface area contributed by atoms with E-state index in [1.54, 1.807) is 0 Å². The van der Waals surface area contributed by atoms with Gasteiger partial charge in [0.05, 0.1) is 24.7 Å². The van der Waals surface area contributed by atoms with Crippen molar-refractivity contribution < 1.29 is 14.3 Å². The Kier molecular flexibility index (Phi) is 7.61. The first-order chi connectivity index (χ1) is 20.0. The quantitative estimate of drug-likeness (QED) is 0.362. The van der Waals surface area contributed by atoms with Crippen LogP contribution >= 0.6 is 0 Å². The van der Waals surface area contributed by atoms with Crippen molar-refractivity contribution in [1.82, 2.24) is 35.8 Å². The molecule has 1 aromatic carbocycles. The van der Waals surface area contributed by atoms with Crippen LogP contribution in [0.3, 0.4) is 0 Å². The van der Waals surface area contributed by atoms with Gasteiger partial charge in [0.1, 0.15) is 19.1 Å². The van der Waals surface area contributed by atoms with Gasteiger partial charge in [-0.2, -0.15) is 5.01 Å². The van der Waals surface area contributed by atoms with Crippen LogP contribution < -0.4 is 26.2 Å². The van der Waals surface area contributed by atoms with Crippen molar-refractivity contribution in [3.05, 3.63) is 36.4 Å². The summed E-state index contributed by atoms with van der Waals surface area (Å²) >= 11 is 0. The number of piperidine rings is 1. The summed E-state index contributed by atoms with van der Waals surface area (Å²) in [5.41, 5.74) is 2.27. The molecular weight excluding hydrogens is 522 g/mol. The molecule has 6 aliphatic heterocycles. The van der Waals surface area contributed by atoms with E-state index in [0.29, 0.717) is 19.6 Å². The summed E-state index contributed by atoms with van der Waals surface area (Å²) in [5.74, 6) is 0.00789. The molecule has 5 fully saturated rings. The minimum absolute atomic E-state index is 0.0395. The first-order valence-electron chi connectivity index (χ1n) is 15.2. The molecule has 6 atom stereocenters. The number of carbonyl (C=O) groups is 2. The van der Waals surface area contributed by atoms with Crippen LogP contribution in [-0.2, 0) is 14.3 Å². The number of carbonyl (C=O) groups excluding carboxylic acids is 2. The number of anilines is 2. The highest BCUT2D eigenvalue weighted by molar-refractivity contribution is 5.82. The maximum absolute atomic E-state index is 13.7. The molecule has 0 aromatic heterocycles. The third-order valence-electron chi connectivity index (χ3n) is 9.54. The minimum Gasteiger partial charge on any atom is -0.369 e. The van der Waals surface area contributed by atoms with Crippen molar-refractivity contribution >= 4 is 23.2 Å². The van der Waals surface area contributed by atoms with Gasteiger partial charge in [-0.05, 0) is 44.5 Å². The fraction of sp³-hybridized carbons (Fsp3) is 0.655. The van der Waals surface area contributed by atoms with Crippen LogP contribution in [0, 0.1) is 5.92 Å². The Labute approximate surface area is 242 Å². The summed E-state index contributed by atoms with van der Waals surface area (Å²) in [6.45, 7) is 6.88. The van der Waals surface area contributed by atoms with Crippen LogP contribution in [0.2, 0.25) is 0 Å². The van der Waals surface area contributed by atoms with Gasteiger partial charge in [-0.25, -0.2) is 0 Å². The molecule has 0 spiro atoms. The Morgan fingerprint density at radius 2 is 1.90 bits per heavy atom. The van der Waals surface area contributed by atoms with E-state index in [9.17, 15) is 9.59 Å². The van der Waals surface area contributed by atoms with Gasteiger partial charge in [0, 0.05) is 63.2 Å². The number of hydrogen-bond acceptors (Lipinski definition) is 10. The van der Waals surface area contributed by atoms with Gasteiger partial charge in [-0.3, -0.25) is 30.5 Å². The van der Waals surface area contributed by atoms with E-state index < -0.39 is 0 Å². The molecule has 6 unspecified atom stereocenters. The van der Waals surface area contributed by atoms with E-state index in [1.165, 1.54) is 5.69 Å². The molecule has 2 amide bonds. The molecule has 6 aliphatic rings. The van der Waals surface area contributed by atoms with Crippen LogP contribution in [0.25, 0.3) is 0 Å². The molecule has 7 rings (SSSR count). The molecule has 1 aromatic rings. The van der Waals surface area contributed by atoms with Crippen LogP contribution in [0.5, 0.6) is 0 Å². The zero-order valence-electron chi connectivity index (χ0n) is 23.9. The lowest BCUT2D eigenvalue weighted by molar-refractivity contribution is -0.172. The fourth-order valence-corrected chi connectivity index (χ4v) is 7.29. The number of piperazine rings is 1. The van der Waals surface area contributed by atoms with Gasteiger partial charge >= 0.3 is 0 Å². The second kappa shape index (κ2) is 11.5. The molecule has 0 saturated carbocycles. The van der Waals surface area contributed by atoms with Crippen LogP contribution in [-0.4, -0.2) is 128 Å². The Balaban J connectivity index is 1.10. The lowest BCUT2D eigenvalue weighted by Gasteiger charge is -2.50. The first-order valence-corrected chi connectivity index (χ1v) is 15.2. The average molecular weight is 566 g/mol. The van der Waals surface area contributed by atoms with Crippen molar-refractivity contribution in [3.63, 3.8) is 0 Å². The molecule has 12 heteroatoms. The minimum atomic E-state index is -0.193. The maximum Gasteiger partial charge on any atom is 0.249 e. The number of benzene rings is 1. The number of allylic oxidation sites excluding steroid dienone is 1. The van der Waals surface area contributed by atoms with E-state index in [2.05, 4.69) is 79.5 Å². The van der Waals surface area contributed by atoms with Gasteiger partial charge in [-0.15, -0.1) is 0 Å². The standard InChI is InChI=1S/C29H43N9O3/c1-34-11-13-35(14-12-34)21-8-6-7-20(15-21)32-29-31-18-23-26(33-29)38-22-16-24-27(30-17-22)41-19-25(39)36(24)9-4-2-3-5-10-37(38)28(23)40/h3,5-8,15,22-24,26-27,29-33H,2,4,9-14,16-19H2,1H3/b5-3-. The molecule has 0 radical (unpaired) electrons. The summed E-state index contributed by atoms with van der Waals surface area (Å²) in [6, 6.07) is 8.61. The highest BCUT2D eigenvalue weighted by atomic mass is 16.5. The second-order valence-electron chi connectivity index (χ2n) is 12.1. The first kappa shape index (κ1) is 27.1. The average Bonchev–Trinajstić information content (AvgIpc) is 3.25. The molecule has 4 N–H and O–H groups in total. The molecule has 6 heterocycles. The van der Waals surface area contributed by atoms with Gasteiger partial charge in [0.15, 0.2) is 0 Å². The zero-order chi connectivity index (χ0) is 27.9. The molecule has 5 saturated heterocycles. The second-order valence-corrected chi connectivity index (χ2v) is 12.1. The lowest BCUT2D eigenvalue weighted by atomic mass is 9.95. The van der Waals surface area contributed by atoms with E-state index >= 15 is 0 Å². The Bertz CT molecular complexity index is 1160. The third kappa shape index (κ3) is 5.33. The van der Waals surface area contributed by atoms with Gasteiger partial charge in [0.25, 0.3) is 0 Å². The highest BCUT2D eigenvalue weighted by Crippen LogP contribution is 2.34. The van der Waals surface area contributed by atoms with E-state index in [1.807, 2.05) is 9.91 Å². The lowest BCUT2D eigenvalue weighted by Crippen LogP contribution is -2.70. The number of hydrogen-bond donors (Lipinski definition) is 4. The predicted molar refractivity (Wildman–Crippen MR) is 156 cm³/mol. The van der Waals surface area contributed by atoms with Crippen LogP contribution in [0.15, 0.2) is 36.4 Å². The third-order valence-corrected chi connectivity index (χ3v) is 9.54. The van der Waals surface area contributed by atoms with Gasteiger partial charge in [-0.1, -0.05) is 18.2 Å². The summed E-state index contributed by atoms with van der Waals surface area (Å²) in [7, 11) is 2.17. The van der Waals surface area contributed by atoms with Crippen molar-refractivity contribution in [2.45, 2.75) is 50.0 Å². The molecular formula is C29H43N9O3. The molecule has 222 valence electrons. The van der Waals surface area contributed by atoms with Crippen molar-refractivity contribution in [2.24, 2.45) is 5.92 Å². The number of nitrogens with zero attached hydrogens (tertiary/aromatic N) is 5. The topological polar surface area (TPSA) is 108 Å². The van der Waals surface area contributed by atoms with E-state index in [0.717, 1.165) is 57.7 Å². The molecule has 41 heavy (non-hydrogen) atoms. The number of morpholine rings is 1. The Hall–Kier alpha value is -2.74. The SMILES string of the molecule is CN1CCN(c2cccc(NC3NCC4C(=O)N5C/C=C\CCCN6C(=O)COC7NCC(CC76)N5C4N3)c2)CC1.